The lowest BCUT2D eigenvalue weighted by Gasteiger charge is -2.18. The van der Waals surface area contributed by atoms with Crippen LogP contribution in [0.2, 0.25) is 0 Å². The highest BCUT2D eigenvalue weighted by Gasteiger charge is 2.10. The van der Waals surface area contributed by atoms with Crippen LogP contribution < -0.4 is 11.1 Å². The van der Waals surface area contributed by atoms with Crippen molar-refractivity contribution in [3.05, 3.63) is 30.5 Å². The molecule has 2 heterocycles. The van der Waals surface area contributed by atoms with Crippen LogP contribution in [0.15, 0.2) is 30.5 Å². The van der Waals surface area contributed by atoms with E-state index in [1.165, 1.54) is 0 Å². The van der Waals surface area contributed by atoms with Gasteiger partial charge in [-0.2, -0.15) is 0 Å². The number of nitrogens with one attached hydrogen (secondary N) is 2. The molecule has 0 aliphatic rings. The Morgan fingerprint density at radius 3 is 2.65 bits per heavy atom. The van der Waals surface area contributed by atoms with E-state index >= 15 is 0 Å². The summed E-state index contributed by atoms with van der Waals surface area (Å²) in [6.45, 7) is 4.57. The molecular weight excluding hydrogens is 214 g/mol. The van der Waals surface area contributed by atoms with Crippen molar-refractivity contribution < 1.29 is 0 Å². The highest BCUT2D eigenvalue weighted by molar-refractivity contribution is 5.54. The van der Waals surface area contributed by atoms with Crippen molar-refractivity contribution in [3.63, 3.8) is 0 Å². The molecule has 90 valence electrons. The molecule has 4 N–H and O–H groups in total. The third-order valence-corrected chi connectivity index (χ3v) is 2.26. The normalized spacial score (nSPS) is 11.5. The quantitative estimate of drug-likeness (QED) is 0.747. The minimum atomic E-state index is -0.264. The topological polar surface area (TPSA) is 79.6 Å². The standard InChI is InChI=1S/C12H17N5/c1-12(2,13)8-15-11-6-5-10(16-17-11)9-4-3-7-14-9/h3-7,14H,8,13H2,1-2H3,(H,15,17). The molecule has 2 aromatic rings. The fourth-order valence-electron chi connectivity index (χ4n) is 1.38. The Hall–Kier alpha value is -1.88. The maximum absolute atomic E-state index is 5.87. The molecule has 0 aromatic carbocycles. The first kappa shape index (κ1) is 11.6. The first-order valence-electron chi connectivity index (χ1n) is 5.55. The van der Waals surface area contributed by atoms with Crippen molar-refractivity contribution in [2.75, 3.05) is 11.9 Å². The highest BCUT2D eigenvalue weighted by Crippen LogP contribution is 2.14. The molecule has 5 heteroatoms. The summed E-state index contributed by atoms with van der Waals surface area (Å²) < 4.78 is 0. The second kappa shape index (κ2) is 4.55. The summed E-state index contributed by atoms with van der Waals surface area (Å²) in [4.78, 5) is 3.09. The molecule has 0 unspecified atom stereocenters. The van der Waals surface area contributed by atoms with Gasteiger partial charge in [-0.3, -0.25) is 0 Å². The van der Waals surface area contributed by atoms with E-state index in [4.69, 9.17) is 5.73 Å². The Bertz CT molecular complexity index is 453. The van der Waals surface area contributed by atoms with Gasteiger partial charge in [0.05, 0.1) is 5.69 Å². The maximum Gasteiger partial charge on any atom is 0.148 e. The summed E-state index contributed by atoms with van der Waals surface area (Å²) in [5.74, 6) is 0.735. The third kappa shape index (κ3) is 3.29. The predicted molar refractivity (Wildman–Crippen MR) is 68.6 cm³/mol. The maximum atomic E-state index is 5.87. The van der Waals surface area contributed by atoms with Crippen LogP contribution in [0.3, 0.4) is 0 Å². The van der Waals surface area contributed by atoms with Crippen LogP contribution in [0.1, 0.15) is 13.8 Å². The van der Waals surface area contributed by atoms with E-state index in [0.717, 1.165) is 17.2 Å². The third-order valence-electron chi connectivity index (χ3n) is 2.26. The molecule has 5 nitrogen and oxygen atoms in total. The molecule has 2 rings (SSSR count). The van der Waals surface area contributed by atoms with Gasteiger partial charge in [0.2, 0.25) is 0 Å². The average molecular weight is 231 g/mol. The number of nitrogens with zero attached hydrogens (tertiary/aromatic N) is 2. The zero-order valence-electron chi connectivity index (χ0n) is 10.1. The van der Waals surface area contributed by atoms with Crippen LogP contribution >= 0.6 is 0 Å². The summed E-state index contributed by atoms with van der Waals surface area (Å²) in [5, 5.41) is 11.4. The SMILES string of the molecule is CC(C)(N)CNc1ccc(-c2ccc[nH]2)nn1. The van der Waals surface area contributed by atoms with E-state index in [1.54, 1.807) is 0 Å². The molecule has 0 radical (unpaired) electrons. The number of rotatable bonds is 4. The summed E-state index contributed by atoms with van der Waals surface area (Å²) >= 11 is 0. The summed E-state index contributed by atoms with van der Waals surface area (Å²) in [7, 11) is 0. The van der Waals surface area contributed by atoms with E-state index in [0.29, 0.717) is 6.54 Å². The lowest BCUT2D eigenvalue weighted by Crippen LogP contribution is -2.39. The Morgan fingerprint density at radius 1 is 1.29 bits per heavy atom. The van der Waals surface area contributed by atoms with Gasteiger partial charge in [0.25, 0.3) is 0 Å². The molecule has 0 amide bonds. The van der Waals surface area contributed by atoms with Crippen molar-refractivity contribution in [3.8, 4) is 11.4 Å². The number of nitrogens with two attached hydrogens (primary N) is 1. The highest BCUT2D eigenvalue weighted by atomic mass is 15.2. The molecule has 0 aliphatic carbocycles. The van der Waals surface area contributed by atoms with Crippen LogP contribution in [0.4, 0.5) is 5.82 Å². The number of hydrogen-bond acceptors (Lipinski definition) is 4. The Morgan fingerprint density at radius 2 is 2.12 bits per heavy atom. The molecule has 0 saturated heterocycles. The van der Waals surface area contributed by atoms with Crippen LogP contribution in [0, 0.1) is 0 Å². The molecule has 0 atom stereocenters. The summed E-state index contributed by atoms with van der Waals surface area (Å²) in [5.41, 5.74) is 7.40. The van der Waals surface area contributed by atoms with Crippen molar-refractivity contribution >= 4 is 5.82 Å². The van der Waals surface area contributed by atoms with E-state index in [9.17, 15) is 0 Å². The minimum absolute atomic E-state index is 0.264. The smallest absolute Gasteiger partial charge is 0.148 e. The number of aromatic amines is 1. The number of H-pyrrole nitrogens is 1. The second-order valence-electron chi connectivity index (χ2n) is 4.73. The minimum Gasteiger partial charge on any atom is -0.367 e. The van der Waals surface area contributed by atoms with Crippen LogP contribution in [-0.4, -0.2) is 27.3 Å². The summed E-state index contributed by atoms with van der Waals surface area (Å²) in [6, 6.07) is 7.71. The van der Waals surface area contributed by atoms with E-state index < -0.39 is 0 Å². The van der Waals surface area contributed by atoms with Gasteiger partial charge in [0, 0.05) is 18.3 Å². The number of anilines is 1. The monoisotopic (exact) mass is 231 g/mol. The second-order valence-corrected chi connectivity index (χ2v) is 4.73. The Balaban J connectivity index is 2.04. The van der Waals surface area contributed by atoms with Crippen LogP contribution in [0.25, 0.3) is 11.4 Å². The lowest BCUT2D eigenvalue weighted by atomic mass is 10.1. The van der Waals surface area contributed by atoms with E-state index in [2.05, 4.69) is 20.5 Å². The van der Waals surface area contributed by atoms with Gasteiger partial charge in [-0.25, -0.2) is 0 Å². The van der Waals surface area contributed by atoms with Gasteiger partial charge in [-0.1, -0.05) is 0 Å². The molecule has 0 aliphatic heterocycles. The van der Waals surface area contributed by atoms with Crippen molar-refractivity contribution in [2.45, 2.75) is 19.4 Å². The van der Waals surface area contributed by atoms with Gasteiger partial charge in [0.15, 0.2) is 0 Å². The molecule has 0 bridgehead atoms. The van der Waals surface area contributed by atoms with Gasteiger partial charge in [0.1, 0.15) is 11.5 Å². The van der Waals surface area contributed by atoms with E-state index in [1.807, 2.05) is 44.3 Å². The molecule has 17 heavy (non-hydrogen) atoms. The zero-order chi connectivity index (χ0) is 12.3. The molecule has 0 fully saturated rings. The van der Waals surface area contributed by atoms with Gasteiger partial charge >= 0.3 is 0 Å². The average Bonchev–Trinajstić information content (AvgIpc) is 2.79. The summed E-state index contributed by atoms with van der Waals surface area (Å²) in [6.07, 6.45) is 1.86. The zero-order valence-corrected chi connectivity index (χ0v) is 10.1. The Labute approximate surface area is 100 Å². The van der Waals surface area contributed by atoms with Gasteiger partial charge in [-0.05, 0) is 38.1 Å². The number of hydrogen-bond donors (Lipinski definition) is 3. The Kier molecular flexibility index (Phi) is 3.10. The molecule has 2 aromatic heterocycles. The molecular formula is C12H17N5. The first-order chi connectivity index (χ1) is 8.04. The van der Waals surface area contributed by atoms with Crippen molar-refractivity contribution in [1.29, 1.82) is 0 Å². The van der Waals surface area contributed by atoms with Gasteiger partial charge < -0.3 is 16.0 Å². The fourth-order valence-corrected chi connectivity index (χ4v) is 1.38. The lowest BCUT2D eigenvalue weighted by molar-refractivity contribution is 0.548. The van der Waals surface area contributed by atoms with E-state index in [-0.39, 0.29) is 5.54 Å². The fraction of sp³-hybridized carbons (Fsp3) is 0.333. The van der Waals surface area contributed by atoms with Crippen molar-refractivity contribution in [1.82, 2.24) is 15.2 Å². The largest absolute Gasteiger partial charge is 0.367 e. The van der Waals surface area contributed by atoms with Crippen LogP contribution in [-0.2, 0) is 0 Å². The first-order valence-corrected chi connectivity index (χ1v) is 5.55. The molecule has 0 saturated carbocycles. The van der Waals surface area contributed by atoms with Gasteiger partial charge in [-0.15, -0.1) is 10.2 Å². The molecule has 0 spiro atoms. The van der Waals surface area contributed by atoms with Crippen LogP contribution in [0.5, 0.6) is 0 Å². The number of aromatic nitrogens is 3. The van der Waals surface area contributed by atoms with Crippen molar-refractivity contribution in [2.24, 2.45) is 5.73 Å². The predicted octanol–water partition coefficient (Wildman–Crippen LogP) is 1.62.